The van der Waals surface area contributed by atoms with E-state index >= 15 is 0 Å². The fourth-order valence-electron chi connectivity index (χ4n) is 4.35. The van der Waals surface area contributed by atoms with Crippen molar-refractivity contribution in [2.45, 2.75) is 19.4 Å². The molecule has 1 aliphatic heterocycles. The Kier molecular flexibility index (Phi) is 3.52. The van der Waals surface area contributed by atoms with Crippen LogP contribution in [0, 0.1) is 35.0 Å². The highest BCUT2D eigenvalue weighted by Crippen LogP contribution is 2.48. The molecule has 2 heterocycles. The highest BCUT2D eigenvalue weighted by Gasteiger charge is 2.46. The van der Waals surface area contributed by atoms with E-state index in [-0.39, 0.29) is 11.9 Å². The van der Waals surface area contributed by atoms with Gasteiger partial charge in [0.1, 0.15) is 12.4 Å². The first kappa shape index (κ1) is 14.2. The highest BCUT2D eigenvalue weighted by atomic mass is 16.2. The number of aromatic nitrogens is 3. The molecule has 4 aliphatic rings. The van der Waals surface area contributed by atoms with Crippen LogP contribution in [0.5, 0.6) is 0 Å². The normalized spacial score (nSPS) is 31.0. The van der Waals surface area contributed by atoms with Crippen molar-refractivity contribution in [3.63, 3.8) is 0 Å². The number of likely N-dealkylation sites (tertiary alicyclic amines) is 1. The number of rotatable bonds is 3. The van der Waals surface area contributed by atoms with E-state index in [9.17, 15) is 4.79 Å². The number of allylic oxidation sites excluding steroid dienone is 2. The Bertz CT molecular complexity index is 652. The van der Waals surface area contributed by atoms with Crippen molar-refractivity contribution >= 4 is 6.03 Å². The molecule has 0 aromatic carbocycles. The first-order chi connectivity index (χ1) is 11.2. The van der Waals surface area contributed by atoms with Crippen LogP contribution in [0.25, 0.3) is 0 Å². The summed E-state index contributed by atoms with van der Waals surface area (Å²) in [5.74, 6) is 2.80. The number of hydrogen-bond donors (Lipinski definition) is 1. The summed E-state index contributed by atoms with van der Waals surface area (Å²) in [5, 5.41) is 15.6. The predicted octanol–water partition coefficient (Wildman–Crippen LogP) is 1.00. The molecule has 120 valence electrons. The molecule has 5 rings (SSSR count). The molecule has 3 aliphatic carbocycles. The zero-order valence-electron chi connectivity index (χ0n) is 12.9. The quantitative estimate of drug-likeness (QED) is 0.844. The number of fused-ring (bicyclic) bond motifs is 1. The van der Waals surface area contributed by atoms with Gasteiger partial charge in [-0.1, -0.05) is 12.2 Å². The molecule has 1 aromatic rings. The van der Waals surface area contributed by atoms with Crippen molar-refractivity contribution < 1.29 is 4.79 Å². The number of carbonyl (C=O) groups excluding carboxylic acids is 1. The van der Waals surface area contributed by atoms with Gasteiger partial charge < -0.3 is 10.2 Å². The summed E-state index contributed by atoms with van der Waals surface area (Å²) in [7, 11) is 0. The summed E-state index contributed by atoms with van der Waals surface area (Å²) in [6.45, 7) is 2.77. The molecule has 23 heavy (non-hydrogen) atoms. The maximum atomic E-state index is 12.4. The summed E-state index contributed by atoms with van der Waals surface area (Å²) >= 11 is 0. The van der Waals surface area contributed by atoms with E-state index in [1.165, 1.54) is 19.2 Å². The van der Waals surface area contributed by atoms with E-state index < -0.39 is 0 Å². The summed E-state index contributed by atoms with van der Waals surface area (Å²) in [6.07, 6.45) is 8.82. The van der Waals surface area contributed by atoms with Crippen LogP contribution in [0.15, 0.2) is 18.5 Å². The Morgan fingerprint density at radius 1 is 1.30 bits per heavy atom. The molecule has 1 aromatic heterocycles. The molecule has 0 spiro atoms. The van der Waals surface area contributed by atoms with Gasteiger partial charge in [0.2, 0.25) is 0 Å². The van der Waals surface area contributed by atoms with Crippen molar-refractivity contribution in [2.24, 2.45) is 23.7 Å². The summed E-state index contributed by atoms with van der Waals surface area (Å²) in [6, 6.07) is 1.90. The lowest BCUT2D eigenvalue weighted by atomic mass is 9.64. The molecule has 7 nitrogen and oxygen atoms in total. The van der Waals surface area contributed by atoms with E-state index in [0.717, 1.165) is 13.1 Å². The minimum absolute atomic E-state index is 0.0134. The Hall–Kier alpha value is -2.36. The molecule has 4 atom stereocenters. The average Bonchev–Trinajstić information content (AvgIpc) is 3.23. The Morgan fingerprint density at radius 2 is 2.00 bits per heavy atom. The summed E-state index contributed by atoms with van der Waals surface area (Å²) < 4.78 is 1.58. The first-order valence-corrected chi connectivity index (χ1v) is 8.25. The fourth-order valence-corrected chi connectivity index (χ4v) is 4.35. The van der Waals surface area contributed by atoms with Crippen LogP contribution < -0.4 is 5.32 Å². The van der Waals surface area contributed by atoms with Gasteiger partial charge in [-0.05, 0) is 36.5 Å². The molecular weight excluding hydrogens is 292 g/mol. The maximum absolute atomic E-state index is 12.4. The molecule has 2 fully saturated rings. The Labute approximate surface area is 135 Å². The van der Waals surface area contributed by atoms with E-state index in [4.69, 9.17) is 5.26 Å². The van der Waals surface area contributed by atoms with E-state index in [1.807, 2.05) is 11.0 Å². The van der Waals surface area contributed by atoms with Gasteiger partial charge in [0, 0.05) is 19.6 Å². The van der Waals surface area contributed by atoms with Crippen LogP contribution in [0.1, 0.15) is 18.7 Å². The van der Waals surface area contributed by atoms with Crippen LogP contribution in [0.2, 0.25) is 0 Å². The number of nitrogens with one attached hydrogen (secondary N) is 1. The van der Waals surface area contributed by atoms with Gasteiger partial charge in [-0.3, -0.25) is 0 Å². The topological polar surface area (TPSA) is 86.8 Å². The van der Waals surface area contributed by atoms with Crippen molar-refractivity contribution in [2.75, 3.05) is 19.6 Å². The maximum Gasteiger partial charge on any atom is 0.317 e. The monoisotopic (exact) mass is 312 g/mol. The third kappa shape index (κ3) is 2.58. The van der Waals surface area contributed by atoms with Gasteiger partial charge >= 0.3 is 6.03 Å². The molecule has 2 amide bonds. The largest absolute Gasteiger partial charge is 0.336 e. The third-order valence-electron chi connectivity index (χ3n) is 5.49. The fraction of sp³-hybridized carbons (Fsp3) is 0.625. The zero-order chi connectivity index (χ0) is 15.8. The number of nitriles is 1. The van der Waals surface area contributed by atoms with E-state index in [0.29, 0.717) is 36.8 Å². The predicted molar refractivity (Wildman–Crippen MR) is 82.0 cm³/mol. The zero-order valence-corrected chi connectivity index (χ0v) is 12.9. The van der Waals surface area contributed by atoms with Gasteiger partial charge in [-0.15, -0.1) is 5.10 Å². The second-order valence-corrected chi connectivity index (χ2v) is 6.70. The van der Waals surface area contributed by atoms with Gasteiger partial charge in [0.25, 0.3) is 5.82 Å². The molecule has 7 heteroatoms. The highest BCUT2D eigenvalue weighted by molar-refractivity contribution is 5.74. The third-order valence-corrected chi connectivity index (χ3v) is 5.49. The number of nitrogens with zero attached hydrogens (tertiary/aromatic N) is 5. The smallest absolute Gasteiger partial charge is 0.317 e. The summed E-state index contributed by atoms with van der Waals surface area (Å²) in [5.41, 5.74) is 0. The second-order valence-electron chi connectivity index (χ2n) is 6.70. The van der Waals surface area contributed by atoms with E-state index in [2.05, 4.69) is 27.6 Å². The number of hydrogen-bond acceptors (Lipinski definition) is 4. The van der Waals surface area contributed by atoms with Crippen LogP contribution >= 0.6 is 0 Å². The van der Waals surface area contributed by atoms with Crippen molar-refractivity contribution in [1.82, 2.24) is 25.0 Å². The standard InChI is InChI=1S/C16H20N6O/c17-7-15-19-10-22(20-15)6-5-18-16(23)21-8-13-11-1-2-12(4-3-11)14(13)9-21/h1-2,10-14H,3-6,8-9H2,(H,18,23). The summed E-state index contributed by atoms with van der Waals surface area (Å²) in [4.78, 5) is 18.2. The van der Waals surface area contributed by atoms with Crippen LogP contribution in [0.3, 0.4) is 0 Å². The lowest BCUT2D eigenvalue weighted by molar-refractivity contribution is 0.169. The lowest BCUT2D eigenvalue weighted by Gasteiger charge is -2.40. The van der Waals surface area contributed by atoms with Crippen LogP contribution in [-0.4, -0.2) is 45.3 Å². The van der Waals surface area contributed by atoms with Crippen LogP contribution in [-0.2, 0) is 6.54 Å². The Balaban J connectivity index is 1.28. The van der Waals surface area contributed by atoms with Gasteiger partial charge in [0.05, 0.1) is 6.54 Å². The molecule has 1 N–H and O–H groups in total. The minimum atomic E-state index is 0.0134. The van der Waals surface area contributed by atoms with Gasteiger partial charge in [-0.2, -0.15) is 5.26 Å². The number of amides is 2. The molecule has 4 unspecified atom stereocenters. The number of urea groups is 1. The van der Waals surface area contributed by atoms with Crippen molar-refractivity contribution in [1.29, 1.82) is 5.26 Å². The second kappa shape index (κ2) is 5.69. The molecule has 1 saturated heterocycles. The van der Waals surface area contributed by atoms with Crippen molar-refractivity contribution in [3.05, 3.63) is 24.3 Å². The Morgan fingerprint density at radius 3 is 2.57 bits per heavy atom. The molecule has 2 bridgehead atoms. The van der Waals surface area contributed by atoms with E-state index in [1.54, 1.807) is 4.68 Å². The lowest BCUT2D eigenvalue weighted by Crippen LogP contribution is -2.40. The van der Waals surface area contributed by atoms with Gasteiger partial charge in [-0.25, -0.2) is 14.5 Å². The van der Waals surface area contributed by atoms with Crippen LogP contribution in [0.4, 0.5) is 4.79 Å². The molecular formula is C16H20N6O. The molecule has 1 saturated carbocycles. The molecule has 0 radical (unpaired) electrons. The minimum Gasteiger partial charge on any atom is -0.336 e. The average molecular weight is 312 g/mol. The van der Waals surface area contributed by atoms with Crippen molar-refractivity contribution in [3.8, 4) is 6.07 Å². The first-order valence-electron chi connectivity index (χ1n) is 8.25. The number of carbonyl (C=O) groups is 1. The SMILES string of the molecule is N#Cc1ncn(CCNC(=O)N2CC3C4C=CC(CC4)C3C2)n1. The van der Waals surface area contributed by atoms with Gasteiger partial charge in [0.15, 0.2) is 0 Å².